The van der Waals surface area contributed by atoms with E-state index in [-0.39, 0.29) is 0 Å². The van der Waals surface area contributed by atoms with Gasteiger partial charge in [-0.05, 0) is 69.6 Å². The van der Waals surface area contributed by atoms with Crippen molar-refractivity contribution < 1.29 is 0 Å². The van der Waals surface area contributed by atoms with E-state index in [1.807, 2.05) is 19.2 Å². The topological polar surface area (TPSA) is 31.1 Å². The quantitative estimate of drug-likeness (QED) is 0.883. The fraction of sp³-hybridized carbons (Fsp3) is 0.529. The zero-order valence-corrected chi connectivity index (χ0v) is 13.4. The second-order valence-electron chi connectivity index (χ2n) is 6.12. The van der Waals surface area contributed by atoms with E-state index in [0.717, 1.165) is 29.5 Å². The first kappa shape index (κ1) is 14.9. The number of likely N-dealkylation sites (tertiary alicyclic amines) is 1. The van der Waals surface area contributed by atoms with E-state index in [1.165, 1.54) is 43.3 Å². The van der Waals surface area contributed by atoms with Gasteiger partial charge in [0.2, 0.25) is 0 Å². The molecule has 0 bridgehead atoms. The molecule has 1 aliphatic heterocycles. The number of aromatic amines is 1. The molecule has 0 amide bonds. The van der Waals surface area contributed by atoms with Crippen LogP contribution in [0.25, 0.3) is 10.9 Å². The molecule has 3 nitrogen and oxygen atoms in total. The maximum Gasteiger partial charge on any atom is 0.0472 e. The molecule has 2 aromatic rings. The molecule has 21 heavy (non-hydrogen) atoms. The van der Waals surface area contributed by atoms with Gasteiger partial charge in [0.05, 0.1) is 0 Å². The van der Waals surface area contributed by atoms with E-state index in [1.54, 1.807) is 0 Å². The van der Waals surface area contributed by atoms with Crippen molar-refractivity contribution in [3.63, 3.8) is 0 Å². The summed E-state index contributed by atoms with van der Waals surface area (Å²) in [4.78, 5) is 5.91. The van der Waals surface area contributed by atoms with Crippen molar-refractivity contribution in [2.24, 2.45) is 5.92 Å². The van der Waals surface area contributed by atoms with Gasteiger partial charge in [0, 0.05) is 28.7 Å². The number of hydrogen-bond acceptors (Lipinski definition) is 2. The van der Waals surface area contributed by atoms with Crippen LogP contribution in [0.1, 0.15) is 24.8 Å². The number of rotatable bonds is 5. The van der Waals surface area contributed by atoms with Gasteiger partial charge >= 0.3 is 0 Å². The monoisotopic (exact) mass is 305 g/mol. The minimum absolute atomic E-state index is 0.793. The normalized spacial score (nSPS) is 17.6. The third-order valence-electron chi connectivity index (χ3n) is 4.63. The van der Waals surface area contributed by atoms with E-state index in [4.69, 9.17) is 11.6 Å². The van der Waals surface area contributed by atoms with Crippen molar-refractivity contribution in [1.29, 1.82) is 0 Å². The van der Waals surface area contributed by atoms with Gasteiger partial charge in [0.25, 0.3) is 0 Å². The van der Waals surface area contributed by atoms with Crippen LogP contribution in [0.15, 0.2) is 24.4 Å². The summed E-state index contributed by atoms with van der Waals surface area (Å²) in [5.41, 5.74) is 2.52. The molecule has 0 aliphatic carbocycles. The zero-order chi connectivity index (χ0) is 14.7. The molecule has 1 aromatic heterocycles. The van der Waals surface area contributed by atoms with Crippen molar-refractivity contribution in [2.45, 2.75) is 25.8 Å². The molecule has 114 valence electrons. The first-order valence-electron chi connectivity index (χ1n) is 7.88. The van der Waals surface area contributed by atoms with E-state index < -0.39 is 0 Å². The van der Waals surface area contributed by atoms with Gasteiger partial charge in [0.15, 0.2) is 0 Å². The Morgan fingerprint density at radius 2 is 2.14 bits per heavy atom. The van der Waals surface area contributed by atoms with E-state index >= 15 is 0 Å². The van der Waals surface area contributed by atoms with Crippen molar-refractivity contribution >= 4 is 22.5 Å². The van der Waals surface area contributed by atoms with Crippen LogP contribution in [0.4, 0.5) is 0 Å². The van der Waals surface area contributed by atoms with Gasteiger partial charge in [-0.1, -0.05) is 17.7 Å². The Labute approximate surface area is 131 Å². The van der Waals surface area contributed by atoms with Crippen molar-refractivity contribution in [1.82, 2.24) is 15.2 Å². The van der Waals surface area contributed by atoms with Gasteiger partial charge in [-0.3, -0.25) is 4.90 Å². The van der Waals surface area contributed by atoms with Crippen LogP contribution in [0.3, 0.4) is 0 Å². The van der Waals surface area contributed by atoms with Gasteiger partial charge in [-0.25, -0.2) is 0 Å². The van der Waals surface area contributed by atoms with E-state index in [9.17, 15) is 0 Å². The van der Waals surface area contributed by atoms with Crippen LogP contribution in [-0.4, -0.2) is 36.6 Å². The summed E-state index contributed by atoms with van der Waals surface area (Å²) < 4.78 is 0. The molecule has 1 fully saturated rings. The lowest BCUT2D eigenvalue weighted by Crippen LogP contribution is -2.34. The molecule has 0 radical (unpaired) electrons. The Hall–Kier alpha value is -1.03. The summed E-state index contributed by atoms with van der Waals surface area (Å²) in [5, 5.41) is 5.35. The number of halogens is 1. The van der Waals surface area contributed by atoms with Crippen LogP contribution in [-0.2, 0) is 6.54 Å². The number of nitrogens with one attached hydrogen (secondary N) is 2. The van der Waals surface area contributed by atoms with E-state index in [0.29, 0.717) is 0 Å². The summed E-state index contributed by atoms with van der Waals surface area (Å²) in [6.45, 7) is 4.62. The number of benzene rings is 1. The molecule has 0 unspecified atom stereocenters. The largest absolute Gasteiger partial charge is 0.361 e. The first-order chi connectivity index (χ1) is 10.3. The minimum atomic E-state index is 0.793. The average Bonchev–Trinajstić information content (AvgIpc) is 2.88. The Morgan fingerprint density at radius 1 is 1.33 bits per heavy atom. The van der Waals surface area contributed by atoms with Gasteiger partial charge in [-0.15, -0.1) is 0 Å². The van der Waals surface area contributed by atoms with Crippen LogP contribution in [0.2, 0.25) is 5.02 Å². The summed E-state index contributed by atoms with van der Waals surface area (Å²) in [6.07, 6.45) is 6.11. The van der Waals surface area contributed by atoms with Gasteiger partial charge < -0.3 is 10.3 Å². The molecule has 2 N–H and O–H groups in total. The summed E-state index contributed by atoms with van der Waals surface area (Å²) in [6, 6.07) is 6.11. The predicted octanol–water partition coefficient (Wildman–Crippen LogP) is 3.64. The average molecular weight is 306 g/mol. The molecule has 1 aliphatic rings. The summed E-state index contributed by atoms with van der Waals surface area (Å²) >= 11 is 6.04. The Kier molecular flexibility index (Phi) is 4.84. The fourth-order valence-corrected chi connectivity index (χ4v) is 3.48. The van der Waals surface area contributed by atoms with Crippen molar-refractivity contribution in [3.8, 4) is 0 Å². The minimum Gasteiger partial charge on any atom is -0.361 e. The highest BCUT2D eigenvalue weighted by atomic mass is 35.5. The molecular formula is C17H24ClN3. The molecule has 1 aromatic carbocycles. The lowest BCUT2D eigenvalue weighted by atomic mass is 9.93. The molecule has 4 heteroatoms. The first-order valence-corrected chi connectivity index (χ1v) is 8.26. The second-order valence-corrected chi connectivity index (χ2v) is 6.55. The summed E-state index contributed by atoms with van der Waals surface area (Å²) in [7, 11) is 2.04. The zero-order valence-electron chi connectivity index (χ0n) is 12.7. The molecular weight excluding hydrogens is 282 g/mol. The SMILES string of the molecule is CNCCC1CCN(Cc2c[nH]c3cc(Cl)ccc23)CC1. The lowest BCUT2D eigenvalue weighted by Gasteiger charge is -2.31. The predicted molar refractivity (Wildman–Crippen MR) is 89.9 cm³/mol. The second kappa shape index (κ2) is 6.82. The molecule has 0 atom stereocenters. The number of nitrogens with zero attached hydrogens (tertiary/aromatic N) is 1. The van der Waals surface area contributed by atoms with Crippen LogP contribution >= 0.6 is 11.6 Å². The smallest absolute Gasteiger partial charge is 0.0472 e. The summed E-state index contributed by atoms with van der Waals surface area (Å²) in [5.74, 6) is 0.899. The van der Waals surface area contributed by atoms with Crippen molar-refractivity contribution in [3.05, 3.63) is 35.0 Å². The number of hydrogen-bond donors (Lipinski definition) is 2. The number of piperidine rings is 1. The van der Waals surface area contributed by atoms with Crippen LogP contribution in [0.5, 0.6) is 0 Å². The molecule has 0 saturated carbocycles. The highest BCUT2D eigenvalue weighted by Crippen LogP contribution is 2.26. The number of H-pyrrole nitrogens is 1. The van der Waals surface area contributed by atoms with Crippen LogP contribution in [0, 0.1) is 5.92 Å². The maximum absolute atomic E-state index is 6.04. The Balaban J connectivity index is 1.59. The third kappa shape index (κ3) is 3.60. The molecule has 1 saturated heterocycles. The number of aromatic nitrogens is 1. The molecule has 2 heterocycles. The maximum atomic E-state index is 6.04. The lowest BCUT2D eigenvalue weighted by molar-refractivity contribution is 0.173. The molecule has 0 spiro atoms. The molecule has 3 rings (SSSR count). The third-order valence-corrected chi connectivity index (χ3v) is 4.87. The Bertz CT molecular complexity index is 585. The number of fused-ring (bicyclic) bond motifs is 1. The highest BCUT2D eigenvalue weighted by molar-refractivity contribution is 6.31. The highest BCUT2D eigenvalue weighted by Gasteiger charge is 2.19. The van der Waals surface area contributed by atoms with Crippen molar-refractivity contribution in [2.75, 3.05) is 26.7 Å². The van der Waals surface area contributed by atoms with Gasteiger partial charge in [0.1, 0.15) is 0 Å². The standard InChI is InChI=1S/C17H24ClN3/c1-19-7-4-13-5-8-21(9-6-13)12-14-11-20-17-10-15(18)2-3-16(14)17/h2-3,10-11,13,19-20H,4-9,12H2,1H3. The van der Waals surface area contributed by atoms with Crippen LogP contribution < -0.4 is 5.32 Å². The Morgan fingerprint density at radius 3 is 2.90 bits per heavy atom. The van der Waals surface area contributed by atoms with Gasteiger partial charge in [-0.2, -0.15) is 0 Å². The van der Waals surface area contributed by atoms with E-state index in [2.05, 4.69) is 27.5 Å². The fourth-order valence-electron chi connectivity index (χ4n) is 3.31.